The van der Waals surface area contributed by atoms with Gasteiger partial charge in [0.2, 0.25) is 0 Å². The number of rotatable bonds is 3. The van der Waals surface area contributed by atoms with Crippen molar-refractivity contribution in [1.82, 2.24) is 9.88 Å². The Bertz CT molecular complexity index is 681. The Balaban J connectivity index is 1.51. The van der Waals surface area contributed by atoms with Crippen LogP contribution in [-0.4, -0.2) is 34.8 Å². The molecule has 0 saturated carbocycles. The lowest BCUT2D eigenvalue weighted by Crippen LogP contribution is -2.42. The minimum atomic E-state index is 0.199. The molecule has 118 valence electrons. The maximum atomic E-state index is 12.8. The van der Waals surface area contributed by atoms with Crippen molar-refractivity contribution in [1.29, 1.82) is 0 Å². The van der Waals surface area contributed by atoms with E-state index in [1.165, 1.54) is 12.8 Å². The summed E-state index contributed by atoms with van der Waals surface area (Å²) in [6.07, 6.45) is 6.34. The summed E-state index contributed by atoms with van der Waals surface area (Å²) < 4.78 is 0. The molecule has 2 unspecified atom stereocenters. The number of carbonyl (C=O) groups excluding carboxylic acids is 1. The zero-order chi connectivity index (χ0) is 15.8. The second-order valence-electron chi connectivity index (χ2n) is 6.88. The fourth-order valence-electron chi connectivity index (χ4n) is 4.20. The van der Waals surface area contributed by atoms with Crippen LogP contribution in [-0.2, 0) is 0 Å². The van der Waals surface area contributed by atoms with Crippen molar-refractivity contribution >= 4 is 5.78 Å². The molecule has 0 spiro atoms. The highest BCUT2D eigenvalue weighted by Gasteiger charge is 2.40. The first-order chi connectivity index (χ1) is 11.2. The minimum Gasteiger partial charge on any atom is -0.300 e. The highest BCUT2D eigenvalue weighted by atomic mass is 16.1. The normalized spacial score (nSPS) is 27.1. The van der Waals surface area contributed by atoms with Crippen LogP contribution in [0.5, 0.6) is 0 Å². The smallest absolute Gasteiger partial charge is 0.166 e. The monoisotopic (exact) mass is 306 g/mol. The van der Waals surface area contributed by atoms with Crippen molar-refractivity contribution in [3.63, 3.8) is 0 Å². The molecule has 2 bridgehead atoms. The summed E-state index contributed by atoms with van der Waals surface area (Å²) in [6.45, 7) is 0. The quantitative estimate of drug-likeness (QED) is 0.809. The molecule has 3 nitrogen and oxygen atoms in total. The molecule has 3 heterocycles. The van der Waals surface area contributed by atoms with Gasteiger partial charge in [-0.15, -0.1) is 0 Å². The second kappa shape index (κ2) is 5.89. The minimum absolute atomic E-state index is 0.199. The first kappa shape index (κ1) is 14.6. The average molecular weight is 306 g/mol. The third-order valence-corrected chi connectivity index (χ3v) is 5.60. The van der Waals surface area contributed by atoms with Crippen molar-refractivity contribution in [3.8, 4) is 11.3 Å². The van der Waals surface area contributed by atoms with Crippen molar-refractivity contribution in [2.75, 3.05) is 7.05 Å². The fraction of sp³-hybridized carbons (Fsp3) is 0.400. The van der Waals surface area contributed by atoms with Crippen LogP contribution in [0.15, 0.2) is 48.7 Å². The molecule has 2 saturated heterocycles. The van der Waals surface area contributed by atoms with Gasteiger partial charge in [0.05, 0.1) is 5.69 Å². The van der Waals surface area contributed by atoms with Gasteiger partial charge in [-0.1, -0.05) is 30.3 Å². The largest absolute Gasteiger partial charge is 0.300 e. The third-order valence-electron chi connectivity index (χ3n) is 5.60. The molecule has 2 aliphatic heterocycles. The SMILES string of the molecule is CN1C2CCC1CC(C(=O)c1ccc(-c3ccccn3)cc1)C2. The first-order valence-corrected chi connectivity index (χ1v) is 8.50. The molecular formula is C20H22N2O. The van der Waals surface area contributed by atoms with Crippen LogP contribution in [0, 0.1) is 5.92 Å². The number of fused-ring (bicyclic) bond motifs is 2. The summed E-state index contributed by atoms with van der Waals surface area (Å²) in [6, 6.07) is 15.1. The number of piperidine rings is 1. The Morgan fingerprint density at radius 1 is 1.04 bits per heavy atom. The van der Waals surface area contributed by atoms with Gasteiger partial charge >= 0.3 is 0 Å². The van der Waals surface area contributed by atoms with Crippen LogP contribution >= 0.6 is 0 Å². The molecule has 0 radical (unpaired) electrons. The van der Waals surface area contributed by atoms with E-state index in [-0.39, 0.29) is 5.92 Å². The van der Waals surface area contributed by atoms with Crippen molar-refractivity contribution in [2.24, 2.45) is 5.92 Å². The van der Waals surface area contributed by atoms with Crippen LogP contribution in [0.3, 0.4) is 0 Å². The zero-order valence-corrected chi connectivity index (χ0v) is 13.5. The summed E-state index contributed by atoms with van der Waals surface area (Å²) in [5.74, 6) is 0.520. The van der Waals surface area contributed by atoms with Gasteiger partial charge in [-0.05, 0) is 44.9 Å². The molecule has 2 atom stereocenters. The lowest BCUT2D eigenvalue weighted by atomic mass is 9.85. The van der Waals surface area contributed by atoms with Gasteiger partial charge in [0.1, 0.15) is 0 Å². The summed E-state index contributed by atoms with van der Waals surface area (Å²) in [5, 5.41) is 0. The van der Waals surface area contributed by atoms with Crippen LogP contribution in [0.25, 0.3) is 11.3 Å². The highest BCUT2D eigenvalue weighted by Crippen LogP contribution is 2.38. The molecule has 0 amide bonds. The Morgan fingerprint density at radius 3 is 2.35 bits per heavy atom. The van der Waals surface area contributed by atoms with Gasteiger partial charge in [0.15, 0.2) is 5.78 Å². The molecule has 3 heteroatoms. The number of pyridine rings is 1. The number of hydrogen-bond donors (Lipinski definition) is 0. The molecule has 23 heavy (non-hydrogen) atoms. The van der Waals surface area contributed by atoms with Gasteiger partial charge in [-0.2, -0.15) is 0 Å². The summed E-state index contributed by atoms with van der Waals surface area (Å²) in [7, 11) is 2.21. The van der Waals surface area contributed by atoms with Gasteiger partial charge < -0.3 is 4.90 Å². The number of carbonyl (C=O) groups is 1. The molecule has 2 aromatic rings. The van der Waals surface area contributed by atoms with Crippen molar-refractivity contribution in [3.05, 3.63) is 54.2 Å². The molecule has 0 N–H and O–H groups in total. The van der Waals surface area contributed by atoms with Crippen molar-refractivity contribution in [2.45, 2.75) is 37.8 Å². The Labute approximate surface area is 137 Å². The summed E-state index contributed by atoms with van der Waals surface area (Å²) in [4.78, 5) is 19.7. The second-order valence-corrected chi connectivity index (χ2v) is 6.88. The maximum Gasteiger partial charge on any atom is 0.166 e. The molecule has 4 rings (SSSR count). The number of benzene rings is 1. The van der Waals surface area contributed by atoms with Crippen LogP contribution in [0.4, 0.5) is 0 Å². The molecule has 1 aromatic heterocycles. The van der Waals surface area contributed by atoms with E-state index in [2.05, 4.69) is 16.9 Å². The standard InChI is InChI=1S/C20H22N2O/c1-22-17-9-10-18(22)13-16(12-17)20(23)15-7-5-14(6-8-15)19-4-2-3-11-21-19/h2-8,11,16-18H,9-10,12-13H2,1H3. The predicted molar refractivity (Wildman–Crippen MR) is 91.3 cm³/mol. The van der Waals surface area contributed by atoms with Gasteiger partial charge in [-0.3, -0.25) is 9.78 Å². The van der Waals surface area contributed by atoms with E-state index in [1.807, 2.05) is 42.5 Å². The van der Waals surface area contributed by atoms with Crippen LogP contribution in [0.1, 0.15) is 36.0 Å². The van der Waals surface area contributed by atoms with E-state index < -0.39 is 0 Å². The summed E-state index contributed by atoms with van der Waals surface area (Å²) >= 11 is 0. The topological polar surface area (TPSA) is 33.2 Å². The zero-order valence-electron chi connectivity index (χ0n) is 13.5. The van der Waals surface area contributed by atoms with Crippen LogP contribution in [0.2, 0.25) is 0 Å². The molecule has 2 aliphatic rings. The van der Waals surface area contributed by atoms with E-state index in [9.17, 15) is 4.79 Å². The van der Waals surface area contributed by atoms with Gasteiger partial charge in [0, 0.05) is 35.3 Å². The van der Waals surface area contributed by atoms with Gasteiger partial charge in [0.25, 0.3) is 0 Å². The number of aromatic nitrogens is 1. The Morgan fingerprint density at radius 2 is 1.74 bits per heavy atom. The lowest BCUT2D eigenvalue weighted by Gasteiger charge is -2.35. The lowest BCUT2D eigenvalue weighted by molar-refractivity contribution is 0.0767. The maximum absolute atomic E-state index is 12.8. The number of nitrogens with zero attached hydrogens (tertiary/aromatic N) is 2. The first-order valence-electron chi connectivity index (χ1n) is 8.50. The molecule has 0 aliphatic carbocycles. The Hall–Kier alpha value is -2.00. The predicted octanol–water partition coefficient (Wildman–Crippen LogP) is 3.80. The highest BCUT2D eigenvalue weighted by molar-refractivity contribution is 5.98. The summed E-state index contributed by atoms with van der Waals surface area (Å²) in [5.41, 5.74) is 2.85. The third kappa shape index (κ3) is 2.70. The Kier molecular flexibility index (Phi) is 3.74. The van der Waals surface area contributed by atoms with E-state index in [4.69, 9.17) is 0 Å². The average Bonchev–Trinajstić information content (AvgIpc) is 2.83. The van der Waals surface area contributed by atoms with Gasteiger partial charge in [-0.25, -0.2) is 0 Å². The number of ketones is 1. The van der Waals surface area contributed by atoms with E-state index >= 15 is 0 Å². The van der Waals surface area contributed by atoms with E-state index in [0.717, 1.165) is 29.7 Å². The van der Waals surface area contributed by atoms with E-state index in [0.29, 0.717) is 17.9 Å². The van der Waals surface area contributed by atoms with E-state index in [1.54, 1.807) is 6.20 Å². The molecular weight excluding hydrogens is 284 g/mol. The van der Waals surface area contributed by atoms with Crippen molar-refractivity contribution < 1.29 is 4.79 Å². The van der Waals surface area contributed by atoms with Crippen LogP contribution < -0.4 is 0 Å². The fourth-order valence-corrected chi connectivity index (χ4v) is 4.20. The number of Topliss-reactive ketones (excluding diaryl/α,β-unsaturated/α-hetero) is 1. The number of hydrogen-bond acceptors (Lipinski definition) is 3. The molecule has 1 aromatic carbocycles. The molecule has 2 fully saturated rings.